The Morgan fingerprint density at radius 2 is 2.04 bits per heavy atom. The van der Waals surface area contributed by atoms with Crippen LogP contribution in [0.3, 0.4) is 0 Å². The molecule has 1 atom stereocenters. The molecule has 2 aromatic heterocycles. The predicted molar refractivity (Wildman–Crippen MR) is 91.7 cm³/mol. The van der Waals surface area contributed by atoms with Crippen LogP contribution in [0.1, 0.15) is 5.56 Å². The van der Waals surface area contributed by atoms with Gasteiger partial charge in [-0.3, -0.25) is 0 Å². The SMILES string of the molecule is COC(=O)C(O)(Cn1cncn1)c1ccc(Oc2ccc(Cl)cc2)nc1. The van der Waals surface area contributed by atoms with Crippen LogP contribution in [0.5, 0.6) is 11.6 Å². The van der Waals surface area contributed by atoms with Crippen LogP contribution in [0.2, 0.25) is 5.02 Å². The van der Waals surface area contributed by atoms with Gasteiger partial charge in [-0.15, -0.1) is 0 Å². The highest BCUT2D eigenvalue weighted by molar-refractivity contribution is 6.30. The molecule has 0 aliphatic rings. The van der Waals surface area contributed by atoms with E-state index in [0.29, 0.717) is 16.7 Å². The Morgan fingerprint density at radius 3 is 2.62 bits per heavy atom. The van der Waals surface area contributed by atoms with Gasteiger partial charge in [0, 0.05) is 22.8 Å². The fourth-order valence-corrected chi connectivity index (χ4v) is 2.43. The number of nitrogens with zero attached hydrogens (tertiary/aromatic N) is 4. The zero-order valence-corrected chi connectivity index (χ0v) is 14.5. The van der Waals surface area contributed by atoms with Crippen LogP contribution in [-0.4, -0.2) is 37.9 Å². The van der Waals surface area contributed by atoms with Crippen molar-refractivity contribution in [1.29, 1.82) is 0 Å². The first-order valence-electron chi connectivity index (χ1n) is 7.54. The highest BCUT2D eigenvalue weighted by atomic mass is 35.5. The van der Waals surface area contributed by atoms with E-state index < -0.39 is 11.6 Å². The van der Waals surface area contributed by atoms with Crippen molar-refractivity contribution in [3.8, 4) is 11.6 Å². The lowest BCUT2D eigenvalue weighted by Crippen LogP contribution is -2.41. The van der Waals surface area contributed by atoms with E-state index in [1.807, 2.05) is 0 Å². The van der Waals surface area contributed by atoms with Crippen LogP contribution in [0.25, 0.3) is 0 Å². The first kappa shape index (κ1) is 17.8. The van der Waals surface area contributed by atoms with Gasteiger partial charge in [0.2, 0.25) is 11.5 Å². The average molecular weight is 375 g/mol. The monoisotopic (exact) mass is 374 g/mol. The molecule has 3 rings (SSSR count). The molecule has 3 aromatic rings. The number of benzene rings is 1. The Kier molecular flexibility index (Phi) is 5.15. The smallest absolute Gasteiger partial charge is 0.344 e. The van der Waals surface area contributed by atoms with E-state index in [4.69, 9.17) is 21.1 Å². The molecule has 0 amide bonds. The molecule has 0 bridgehead atoms. The van der Waals surface area contributed by atoms with Gasteiger partial charge in [-0.05, 0) is 30.3 Å². The van der Waals surface area contributed by atoms with Gasteiger partial charge in [0.05, 0.1) is 13.7 Å². The lowest BCUT2D eigenvalue weighted by molar-refractivity contribution is -0.165. The maximum atomic E-state index is 12.2. The van der Waals surface area contributed by atoms with E-state index in [1.54, 1.807) is 30.3 Å². The van der Waals surface area contributed by atoms with Gasteiger partial charge >= 0.3 is 5.97 Å². The number of ether oxygens (including phenoxy) is 2. The second kappa shape index (κ2) is 7.51. The Bertz CT molecular complexity index is 869. The number of esters is 1. The number of halogens is 1. The zero-order valence-electron chi connectivity index (χ0n) is 13.7. The third-order valence-electron chi connectivity index (χ3n) is 3.63. The molecule has 9 heteroatoms. The molecule has 1 N–H and O–H groups in total. The summed E-state index contributed by atoms with van der Waals surface area (Å²) in [5.41, 5.74) is -1.72. The van der Waals surface area contributed by atoms with Crippen LogP contribution in [0, 0.1) is 0 Å². The third kappa shape index (κ3) is 3.81. The van der Waals surface area contributed by atoms with Crippen LogP contribution in [0.15, 0.2) is 55.2 Å². The van der Waals surface area contributed by atoms with Crippen molar-refractivity contribution < 1.29 is 19.4 Å². The van der Waals surface area contributed by atoms with Gasteiger partial charge in [0.1, 0.15) is 18.4 Å². The Balaban J connectivity index is 1.83. The van der Waals surface area contributed by atoms with Crippen LogP contribution >= 0.6 is 11.6 Å². The highest BCUT2D eigenvalue weighted by Gasteiger charge is 2.40. The number of rotatable bonds is 6. The topological polar surface area (TPSA) is 99.4 Å². The van der Waals surface area contributed by atoms with Crippen LogP contribution < -0.4 is 4.74 Å². The summed E-state index contributed by atoms with van der Waals surface area (Å²) in [5.74, 6) is 0.0192. The number of carbonyl (C=O) groups excluding carboxylic acids is 1. The van der Waals surface area contributed by atoms with Crippen molar-refractivity contribution in [2.75, 3.05) is 7.11 Å². The Hall–Kier alpha value is -2.97. The largest absolute Gasteiger partial charge is 0.467 e. The molecule has 1 unspecified atom stereocenters. The van der Waals surface area contributed by atoms with Gasteiger partial charge < -0.3 is 14.6 Å². The minimum Gasteiger partial charge on any atom is -0.467 e. The summed E-state index contributed by atoms with van der Waals surface area (Å²) in [5, 5.41) is 15.4. The van der Waals surface area contributed by atoms with E-state index in [1.165, 1.54) is 36.7 Å². The summed E-state index contributed by atoms with van der Waals surface area (Å²) in [4.78, 5) is 20.1. The molecule has 8 nitrogen and oxygen atoms in total. The van der Waals surface area contributed by atoms with E-state index in [-0.39, 0.29) is 12.1 Å². The van der Waals surface area contributed by atoms with E-state index in [0.717, 1.165) is 0 Å². The summed E-state index contributed by atoms with van der Waals surface area (Å²) in [6.45, 7) is -0.168. The molecule has 0 saturated carbocycles. The fourth-order valence-electron chi connectivity index (χ4n) is 2.30. The molecule has 0 radical (unpaired) electrons. The minimum absolute atomic E-state index is 0.168. The van der Waals surface area contributed by atoms with Gasteiger partial charge in [-0.25, -0.2) is 19.4 Å². The quantitative estimate of drug-likeness (QED) is 0.660. The van der Waals surface area contributed by atoms with Crippen LogP contribution in [0.4, 0.5) is 0 Å². The van der Waals surface area contributed by atoms with Gasteiger partial charge in [-0.1, -0.05) is 11.6 Å². The second-order valence-corrected chi connectivity index (χ2v) is 5.82. The lowest BCUT2D eigenvalue weighted by Gasteiger charge is -2.25. The zero-order chi connectivity index (χ0) is 18.6. The normalized spacial score (nSPS) is 13.0. The molecular formula is C17H15ClN4O4. The predicted octanol–water partition coefficient (Wildman–Crippen LogP) is 2.18. The van der Waals surface area contributed by atoms with Crippen LogP contribution in [-0.2, 0) is 21.7 Å². The molecular weight excluding hydrogens is 360 g/mol. The summed E-state index contributed by atoms with van der Waals surface area (Å²) in [6, 6.07) is 9.87. The molecule has 26 heavy (non-hydrogen) atoms. The van der Waals surface area contributed by atoms with E-state index >= 15 is 0 Å². The van der Waals surface area contributed by atoms with E-state index in [9.17, 15) is 9.90 Å². The standard InChI is InChI=1S/C17H15ClN4O4/c1-25-16(23)17(24,9-22-11-19-10-21-22)12-2-7-15(20-8-12)26-14-5-3-13(18)4-6-14/h2-8,10-11,24H,9H2,1H3. The molecule has 1 aromatic carbocycles. The maximum Gasteiger partial charge on any atom is 0.344 e. The van der Waals surface area contributed by atoms with Crippen molar-refractivity contribution in [3.63, 3.8) is 0 Å². The van der Waals surface area contributed by atoms with E-state index in [2.05, 4.69) is 15.1 Å². The first-order valence-corrected chi connectivity index (χ1v) is 7.92. The van der Waals surface area contributed by atoms with Crippen molar-refractivity contribution >= 4 is 17.6 Å². The Morgan fingerprint density at radius 1 is 1.27 bits per heavy atom. The molecule has 2 heterocycles. The van der Waals surface area contributed by atoms with Crippen molar-refractivity contribution in [1.82, 2.24) is 19.7 Å². The minimum atomic E-state index is -1.96. The average Bonchev–Trinajstić information content (AvgIpc) is 3.16. The number of aliphatic hydroxyl groups is 1. The molecule has 0 saturated heterocycles. The molecule has 0 aliphatic heterocycles. The third-order valence-corrected chi connectivity index (χ3v) is 3.88. The maximum absolute atomic E-state index is 12.2. The number of aromatic nitrogens is 4. The van der Waals surface area contributed by atoms with Gasteiger partial charge in [0.15, 0.2) is 0 Å². The summed E-state index contributed by atoms with van der Waals surface area (Å²) in [7, 11) is 1.19. The van der Waals surface area contributed by atoms with Gasteiger partial charge in [0.25, 0.3) is 0 Å². The first-order chi connectivity index (χ1) is 12.5. The van der Waals surface area contributed by atoms with Crippen molar-refractivity contribution in [2.24, 2.45) is 0 Å². The number of carbonyl (C=O) groups is 1. The molecule has 0 spiro atoms. The number of hydrogen-bond acceptors (Lipinski definition) is 7. The summed E-state index contributed by atoms with van der Waals surface area (Å²) < 4.78 is 11.7. The van der Waals surface area contributed by atoms with Gasteiger partial charge in [-0.2, -0.15) is 5.10 Å². The summed E-state index contributed by atoms with van der Waals surface area (Å²) in [6.07, 6.45) is 4.04. The number of hydrogen-bond donors (Lipinski definition) is 1. The fraction of sp³-hybridized carbons (Fsp3) is 0.176. The molecule has 134 valence electrons. The summed E-state index contributed by atoms with van der Waals surface area (Å²) >= 11 is 5.83. The lowest BCUT2D eigenvalue weighted by atomic mass is 9.95. The number of methoxy groups -OCH3 is 1. The van der Waals surface area contributed by atoms with Crippen molar-refractivity contribution in [2.45, 2.75) is 12.1 Å². The number of pyridine rings is 1. The van der Waals surface area contributed by atoms with Crippen molar-refractivity contribution in [3.05, 3.63) is 65.8 Å². The second-order valence-electron chi connectivity index (χ2n) is 5.39. The highest BCUT2D eigenvalue weighted by Crippen LogP contribution is 2.27. The Labute approximate surface area is 154 Å². The molecule has 0 fully saturated rings. The molecule has 0 aliphatic carbocycles.